The first-order valence-corrected chi connectivity index (χ1v) is 2.48. The Morgan fingerprint density at radius 1 is 1.56 bits per heavy atom. The van der Waals surface area contributed by atoms with Crippen molar-refractivity contribution in [2.24, 2.45) is 5.73 Å². The molecule has 0 aromatic heterocycles. The molecular weight excluding hydrogens is 118 g/mol. The van der Waals surface area contributed by atoms with Gasteiger partial charge in [0.1, 0.15) is 5.70 Å². The molecule has 0 radical (unpaired) electrons. The van der Waals surface area contributed by atoms with Crippen LogP contribution < -0.4 is 16.4 Å². The van der Waals surface area contributed by atoms with E-state index in [2.05, 4.69) is 10.6 Å². The van der Waals surface area contributed by atoms with E-state index in [-0.39, 0.29) is 0 Å². The third-order valence-electron chi connectivity index (χ3n) is 0.912. The predicted molar refractivity (Wildman–Crippen MR) is 32.7 cm³/mol. The van der Waals surface area contributed by atoms with Gasteiger partial charge in [0.05, 0.1) is 0 Å². The van der Waals surface area contributed by atoms with Crippen LogP contribution in [0.15, 0.2) is 24.3 Å². The number of rotatable bonds is 1. The second kappa shape index (κ2) is 2.21. The van der Waals surface area contributed by atoms with Crippen LogP contribution in [-0.2, 0) is 4.79 Å². The largest absolute Gasteiger partial charge is 0.364 e. The molecule has 1 amide bonds. The monoisotopic (exact) mass is 125 g/mol. The second-order valence-electron chi connectivity index (χ2n) is 1.57. The van der Waals surface area contributed by atoms with Gasteiger partial charge in [-0.1, -0.05) is 0 Å². The topological polar surface area (TPSA) is 67.2 Å². The number of primary amides is 1. The van der Waals surface area contributed by atoms with Gasteiger partial charge in [-0.25, -0.2) is 0 Å². The van der Waals surface area contributed by atoms with Crippen molar-refractivity contribution < 1.29 is 4.79 Å². The molecule has 4 N–H and O–H groups in total. The van der Waals surface area contributed by atoms with Gasteiger partial charge in [-0.2, -0.15) is 0 Å². The average molecular weight is 125 g/mol. The zero-order valence-electron chi connectivity index (χ0n) is 4.72. The van der Waals surface area contributed by atoms with Gasteiger partial charge in [-0.05, 0) is 0 Å². The van der Waals surface area contributed by atoms with Crippen molar-refractivity contribution in [3.8, 4) is 0 Å². The Labute approximate surface area is 52.4 Å². The minimum atomic E-state index is -0.466. The van der Waals surface area contributed by atoms with Crippen molar-refractivity contribution in [1.29, 1.82) is 0 Å². The number of carbonyl (C=O) groups is 1. The Kier molecular flexibility index (Phi) is 1.40. The Morgan fingerprint density at radius 2 is 2.33 bits per heavy atom. The van der Waals surface area contributed by atoms with Crippen molar-refractivity contribution in [3.63, 3.8) is 0 Å². The van der Waals surface area contributed by atoms with Crippen LogP contribution in [0, 0.1) is 0 Å². The van der Waals surface area contributed by atoms with Crippen LogP contribution in [0.3, 0.4) is 0 Å². The van der Waals surface area contributed by atoms with Crippen molar-refractivity contribution in [2.45, 2.75) is 0 Å². The van der Waals surface area contributed by atoms with Crippen LogP contribution in [0.1, 0.15) is 0 Å². The minimum absolute atomic E-state index is 0.373. The summed E-state index contributed by atoms with van der Waals surface area (Å²) in [5, 5.41) is 5.37. The lowest BCUT2D eigenvalue weighted by atomic mass is 10.4. The summed E-state index contributed by atoms with van der Waals surface area (Å²) in [4.78, 5) is 10.4. The Balaban J connectivity index is 2.61. The third kappa shape index (κ3) is 1.22. The summed E-state index contributed by atoms with van der Waals surface area (Å²) >= 11 is 0. The lowest BCUT2D eigenvalue weighted by Gasteiger charge is -2.06. The van der Waals surface area contributed by atoms with Crippen LogP contribution in [0.2, 0.25) is 0 Å². The molecule has 1 rings (SSSR count). The van der Waals surface area contributed by atoms with Gasteiger partial charge in [0, 0.05) is 18.6 Å². The summed E-state index contributed by atoms with van der Waals surface area (Å²) in [5.41, 5.74) is 5.30. The molecule has 1 aliphatic rings. The van der Waals surface area contributed by atoms with Gasteiger partial charge < -0.3 is 16.4 Å². The summed E-state index contributed by atoms with van der Waals surface area (Å²) < 4.78 is 0. The third-order valence-corrected chi connectivity index (χ3v) is 0.912. The van der Waals surface area contributed by atoms with Gasteiger partial charge >= 0.3 is 0 Å². The fraction of sp³-hybridized carbons (Fsp3) is 0. The molecule has 0 unspecified atom stereocenters. The highest BCUT2D eigenvalue weighted by molar-refractivity contribution is 5.91. The fourth-order valence-electron chi connectivity index (χ4n) is 0.495. The zero-order valence-corrected chi connectivity index (χ0v) is 4.72. The molecule has 0 fully saturated rings. The standard InChI is InChI=1S/C5H7N3O/c6-5(9)4-3-7-1-2-8-4/h1-3,7-8H,(H2,6,9). The molecule has 1 heterocycles. The predicted octanol–water partition coefficient (Wildman–Crippen LogP) is -1.02. The summed E-state index contributed by atoms with van der Waals surface area (Å²) in [6, 6.07) is 0. The maximum atomic E-state index is 10.4. The smallest absolute Gasteiger partial charge is 0.266 e. The Hall–Kier alpha value is -1.45. The maximum absolute atomic E-state index is 10.4. The molecule has 48 valence electrons. The first-order valence-electron chi connectivity index (χ1n) is 2.48. The second-order valence-corrected chi connectivity index (χ2v) is 1.57. The van der Waals surface area contributed by atoms with Crippen molar-refractivity contribution in [3.05, 3.63) is 24.3 Å². The van der Waals surface area contributed by atoms with E-state index < -0.39 is 5.91 Å². The number of hydrogen-bond acceptors (Lipinski definition) is 3. The van der Waals surface area contributed by atoms with E-state index in [1.54, 1.807) is 12.4 Å². The molecule has 9 heavy (non-hydrogen) atoms. The molecule has 4 heteroatoms. The van der Waals surface area contributed by atoms with Gasteiger partial charge in [-0.3, -0.25) is 4.79 Å². The van der Waals surface area contributed by atoms with Crippen LogP contribution in [0.4, 0.5) is 0 Å². The first-order chi connectivity index (χ1) is 4.30. The first kappa shape index (κ1) is 5.68. The molecular formula is C5H7N3O. The van der Waals surface area contributed by atoms with E-state index in [0.717, 1.165) is 0 Å². The quantitative estimate of drug-likeness (QED) is 0.420. The van der Waals surface area contributed by atoms with Gasteiger partial charge in [0.2, 0.25) is 0 Å². The number of nitrogens with one attached hydrogen (secondary N) is 2. The number of amides is 1. The molecule has 1 aliphatic heterocycles. The van der Waals surface area contributed by atoms with Crippen LogP contribution >= 0.6 is 0 Å². The molecule has 0 atom stereocenters. The van der Waals surface area contributed by atoms with Gasteiger partial charge in [0.15, 0.2) is 0 Å². The van der Waals surface area contributed by atoms with Crippen LogP contribution in [0.25, 0.3) is 0 Å². The molecule has 0 aromatic rings. The number of nitrogens with two attached hydrogens (primary N) is 1. The molecule has 0 spiro atoms. The van der Waals surface area contributed by atoms with Gasteiger partial charge in [0.25, 0.3) is 5.91 Å². The van der Waals surface area contributed by atoms with Crippen molar-refractivity contribution >= 4 is 5.91 Å². The lowest BCUT2D eigenvalue weighted by Crippen LogP contribution is -2.26. The van der Waals surface area contributed by atoms with Gasteiger partial charge in [-0.15, -0.1) is 0 Å². The molecule has 0 aromatic carbocycles. The lowest BCUT2D eigenvalue weighted by molar-refractivity contribution is -0.114. The highest BCUT2D eigenvalue weighted by Crippen LogP contribution is 1.88. The van der Waals surface area contributed by atoms with E-state index >= 15 is 0 Å². The molecule has 4 nitrogen and oxygen atoms in total. The van der Waals surface area contributed by atoms with Crippen LogP contribution in [-0.4, -0.2) is 5.91 Å². The van der Waals surface area contributed by atoms with Crippen molar-refractivity contribution in [2.75, 3.05) is 0 Å². The van der Waals surface area contributed by atoms with E-state index in [9.17, 15) is 4.79 Å². The summed E-state index contributed by atoms with van der Waals surface area (Å²) in [5.74, 6) is -0.466. The molecule has 0 aliphatic carbocycles. The van der Waals surface area contributed by atoms with E-state index in [4.69, 9.17) is 5.73 Å². The minimum Gasteiger partial charge on any atom is -0.364 e. The van der Waals surface area contributed by atoms with Crippen molar-refractivity contribution in [1.82, 2.24) is 10.6 Å². The highest BCUT2D eigenvalue weighted by Gasteiger charge is 2.01. The zero-order chi connectivity index (χ0) is 6.69. The van der Waals surface area contributed by atoms with E-state index in [0.29, 0.717) is 5.70 Å². The molecule has 0 bridgehead atoms. The molecule has 0 saturated heterocycles. The van der Waals surface area contributed by atoms with E-state index in [1.807, 2.05) is 0 Å². The Bertz CT molecular complexity index is 183. The molecule has 0 saturated carbocycles. The fourth-order valence-corrected chi connectivity index (χ4v) is 0.495. The number of hydrogen-bond donors (Lipinski definition) is 3. The SMILES string of the molecule is NC(=O)C1=CNC=CN1. The summed E-state index contributed by atoms with van der Waals surface area (Å²) in [6.45, 7) is 0. The normalized spacial score (nSPS) is 15.3. The van der Waals surface area contributed by atoms with E-state index in [1.165, 1.54) is 6.20 Å². The summed E-state index contributed by atoms with van der Waals surface area (Å²) in [7, 11) is 0. The summed E-state index contributed by atoms with van der Waals surface area (Å²) in [6.07, 6.45) is 4.76. The Morgan fingerprint density at radius 3 is 2.67 bits per heavy atom. The number of carbonyl (C=O) groups excluding carboxylic acids is 1. The average Bonchev–Trinajstić information content (AvgIpc) is 1.90. The van der Waals surface area contributed by atoms with Crippen LogP contribution in [0.5, 0.6) is 0 Å². The maximum Gasteiger partial charge on any atom is 0.266 e. The highest BCUT2D eigenvalue weighted by atomic mass is 16.1.